The highest BCUT2D eigenvalue weighted by Gasteiger charge is 2.23. The molecule has 0 spiro atoms. The van der Waals surface area contributed by atoms with E-state index in [1.54, 1.807) is 35.5 Å². The number of nitrogens with two attached hydrogens (primary N) is 1. The van der Waals surface area contributed by atoms with Crippen molar-refractivity contribution in [3.8, 4) is 23.1 Å². The monoisotopic (exact) mass is 527 g/mol. The van der Waals surface area contributed by atoms with Gasteiger partial charge in [-0.05, 0) is 32.0 Å². The first kappa shape index (κ1) is 24.8. The van der Waals surface area contributed by atoms with Crippen LogP contribution in [-0.2, 0) is 7.05 Å². The Labute approximate surface area is 229 Å². The molecule has 10 heteroatoms. The zero-order valence-corrected chi connectivity index (χ0v) is 22.1. The van der Waals surface area contributed by atoms with E-state index >= 15 is 0 Å². The lowest BCUT2D eigenvalue weighted by molar-refractivity contribution is 0.0942. The van der Waals surface area contributed by atoms with Gasteiger partial charge in [0.05, 0.1) is 40.3 Å². The highest BCUT2D eigenvalue weighted by Crippen LogP contribution is 2.31. The van der Waals surface area contributed by atoms with Gasteiger partial charge in [-0.25, -0.2) is 14.5 Å². The maximum Gasteiger partial charge on any atom is 0.259 e. The first-order valence-electron chi connectivity index (χ1n) is 12.7. The number of hydrogen-bond donors (Lipinski definition) is 2. The number of anilines is 1. The van der Waals surface area contributed by atoms with Gasteiger partial charge in [-0.3, -0.25) is 14.5 Å². The van der Waals surface area contributed by atoms with Crippen molar-refractivity contribution in [2.24, 2.45) is 7.05 Å². The molecule has 0 fully saturated rings. The summed E-state index contributed by atoms with van der Waals surface area (Å²) in [5.74, 6) is 6.20. The van der Waals surface area contributed by atoms with E-state index in [2.05, 4.69) is 37.3 Å². The molecule has 3 N–H and O–H groups in total. The van der Waals surface area contributed by atoms with E-state index in [1.807, 2.05) is 63.4 Å². The normalized spacial score (nSPS) is 11.8. The van der Waals surface area contributed by atoms with Crippen LogP contribution in [0.5, 0.6) is 0 Å². The average Bonchev–Trinajstić information content (AvgIpc) is 3.48. The van der Waals surface area contributed by atoms with E-state index in [9.17, 15) is 4.79 Å². The zero-order chi connectivity index (χ0) is 27.8. The molecule has 0 saturated carbocycles. The second-order valence-corrected chi connectivity index (χ2v) is 9.38. The summed E-state index contributed by atoms with van der Waals surface area (Å²) in [4.78, 5) is 27.3. The van der Waals surface area contributed by atoms with Crippen LogP contribution in [-0.4, -0.2) is 40.3 Å². The Kier molecular flexibility index (Phi) is 6.16. The molecule has 5 aromatic heterocycles. The Morgan fingerprint density at radius 2 is 1.85 bits per heavy atom. The first-order chi connectivity index (χ1) is 19.4. The average molecular weight is 528 g/mol. The van der Waals surface area contributed by atoms with Crippen LogP contribution >= 0.6 is 0 Å². The maximum absolute atomic E-state index is 13.4. The fraction of sp³-hybridized carbons (Fsp3) is 0.133. The molecule has 0 aliphatic rings. The minimum absolute atomic E-state index is 0.108. The van der Waals surface area contributed by atoms with Gasteiger partial charge >= 0.3 is 0 Å². The topological polar surface area (TPSA) is 129 Å². The minimum Gasteiger partial charge on any atom is -0.381 e. The van der Waals surface area contributed by atoms with Gasteiger partial charge in [-0.15, -0.1) is 5.10 Å². The van der Waals surface area contributed by atoms with Gasteiger partial charge in [0.25, 0.3) is 5.91 Å². The predicted octanol–water partition coefficient (Wildman–Crippen LogP) is 3.85. The highest BCUT2D eigenvalue weighted by molar-refractivity contribution is 6.04. The number of nitrogen functional groups attached to an aromatic ring is 1. The molecule has 0 saturated heterocycles. The van der Waals surface area contributed by atoms with Crippen molar-refractivity contribution in [2.75, 3.05) is 5.73 Å². The molecule has 1 atom stereocenters. The van der Waals surface area contributed by atoms with Crippen molar-refractivity contribution < 1.29 is 4.79 Å². The molecule has 0 aliphatic carbocycles. The molecular weight excluding hydrogens is 502 g/mol. The number of nitrogens with zero attached hydrogens (tertiary/aromatic N) is 7. The van der Waals surface area contributed by atoms with Crippen molar-refractivity contribution in [1.82, 2.24) is 39.7 Å². The number of fused-ring (bicyclic) bond motifs is 2. The number of pyridine rings is 2. The molecule has 5 heterocycles. The van der Waals surface area contributed by atoms with E-state index in [-0.39, 0.29) is 17.3 Å². The Hall–Kier alpha value is -5.56. The lowest BCUT2D eigenvalue weighted by atomic mass is 9.98. The van der Waals surface area contributed by atoms with E-state index in [1.165, 1.54) is 4.52 Å². The van der Waals surface area contributed by atoms with Crippen molar-refractivity contribution in [1.29, 1.82) is 0 Å². The molecule has 40 heavy (non-hydrogen) atoms. The molecule has 6 aromatic rings. The standard InChI is InChI=1S/C30H25N9O/c1-18(35-30(40)25-28(31)37-39-15-7-13-33-29(25)39)23-16-24-27(36-26(23)20-8-5-4-6-9-20)21(12-14-32-24)10-11-22-17-34-38(3)19(22)2/h4-9,12-18H,1-3H3,(H2,31,37)(H,35,40)/t18-/m0/s1. The van der Waals surface area contributed by atoms with E-state index in [0.29, 0.717) is 16.7 Å². The number of carbonyl (C=O) groups is 1. The molecular formula is C30H25N9O. The summed E-state index contributed by atoms with van der Waals surface area (Å²) in [6.07, 6.45) is 6.76. The van der Waals surface area contributed by atoms with Crippen LogP contribution in [0, 0.1) is 18.8 Å². The van der Waals surface area contributed by atoms with Gasteiger partial charge in [0.2, 0.25) is 0 Å². The number of benzene rings is 1. The third-order valence-electron chi connectivity index (χ3n) is 6.82. The Balaban J connectivity index is 1.43. The molecule has 6 rings (SSSR count). The fourth-order valence-corrected chi connectivity index (χ4v) is 4.57. The molecule has 1 amide bonds. The van der Waals surface area contributed by atoms with Crippen LogP contribution in [0.4, 0.5) is 5.82 Å². The molecule has 1 aromatic carbocycles. The van der Waals surface area contributed by atoms with Gasteiger partial charge in [0, 0.05) is 36.8 Å². The van der Waals surface area contributed by atoms with Crippen LogP contribution in [0.1, 0.15) is 45.7 Å². The second kappa shape index (κ2) is 9.96. The number of aryl methyl sites for hydroxylation is 1. The van der Waals surface area contributed by atoms with Crippen LogP contribution in [0.2, 0.25) is 0 Å². The predicted molar refractivity (Wildman–Crippen MR) is 152 cm³/mol. The Morgan fingerprint density at radius 1 is 1.05 bits per heavy atom. The van der Waals surface area contributed by atoms with Crippen molar-refractivity contribution in [3.05, 3.63) is 101 Å². The van der Waals surface area contributed by atoms with Crippen molar-refractivity contribution in [3.63, 3.8) is 0 Å². The molecule has 0 bridgehead atoms. The summed E-state index contributed by atoms with van der Waals surface area (Å²) >= 11 is 0. The summed E-state index contributed by atoms with van der Waals surface area (Å²) in [5.41, 5.74) is 13.1. The number of aromatic nitrogens is 7. The van der Waals surface area contributed by atoms with E-state index in [0.717, 1.165) is 33.6 Å². The molecule has 0 aliphatic heterocycles. The fourth-order valence-electron chi connectivity index (χ4n) is 4.57. The Bertz CT molecular complexity index is 1960. The lowest BCUT2D eigenvalue weighted by Gasteiger charge is -2.19. The van der Waals surface area contributed by atoms with Gasteiger partial charge in [0.1, 0.15) is 11.1 Å². The van der Waals surface area contributed by atoms with E-state index < -0.39 is 6.04 Å². The first-order valence-corrected chi connectivity index (χ1v) is 12.7. The maximum atomic E-state index is 13.4. The number of rotatable bonds is 4. The number of nitrogens with one attached hydrogen (secondary N) is 1. The summed E-state index contributed by atoms with van der Waals surface area (Å²) in [7, 11) is 1.89. The van der Waals surface area contributed by atoms with Gasteiger partial charge in [-0.2, -0.15) is 5.10 Å². The van der Waals surface area contributed by atoms with Crippen LogP contribution in [0.25, 0.3) is 27.9 Å². The molecule has 0 unspecified atom stereocenters. The van der Waals surface area contributed by atoms with E-state index in [4.69, 9.17) is 10.7 Å². The minimum atomic E-state index is -0.438. The van der Waals surface area contributed by atoms with Gasteiger partial charge in [0.15, 0.2) is 11.5 Å². The quantitative estimate of drug-likeness (QED) is 0.333. The molecule has 196 valence electrons. The van der Waals surface area contributed by atoms with Gasteiger partial charge in [-0.1, -0.05) is 42.2 Å². The second-order valence-electron chi connectivity index (χ2n) is 9.38. The number of amides is 1. The summed E-state index contributed by atoms with van der Waals surface area (Å²) in [6, 6.07) is 14.9. The third kappa shape index (κ3) is 4.39. The zero-order valence-electron chi connectivity index (χ0n) is 22.1. The summed E-state index contributed by atoms with van der Waals surface area (Å²) in [6.45, 7) is 3.88. The molecule has 10 nitrogen and oxygen atoms in total. The van der Waals surface area contributed by atoms with Gasteiger partial charge < -0.3 is 11.1 Å². The lowest BCUT2D eigenvalue weighted by Crippen LogP contribution is -2.28. The smallest absolute Gasteiger partial charge is 0.259 e. The SMILES string of the molecule is Cc1c(C#Cc2ccnc3cc([C@H](C)NC(=O)c4c(N)nn5cccnc45)c(-c4ccccc4)nc23)cnn1C. The summed E-state index contributed by atoms with van der Waals surface area (Å²) in [5, 5.41) is 11.5. The van der Waals surface area contributed by atoms with Crippen LogP contribution in [0.15, 0.2) is 73.3 Å². The van der Waals surface area contributed by atoms with Crippen molar-refractivity contribution in [2.45, 2.75) is 19.9 Å². The highest BCUT2D eigenvalue weighted by atomic mass is 16.1. The Morgan fingerprint density at radius 3 is 2.62 bits per heavy atom. The summed E-state index contributed by atoms with van der Waals surface area (Å²) < 4.78 is 3.28. The van der Waals surface area contributed by atoms with Crippen LogP contribution < -0.4 is 11.1 Å². The molecule has 0 radical (unpaired) electrons. The number of hydrogen-bond acceptors (Lipinski definition) is 7. The van der Waals surface area contributed by atoms with Crippen LogP contribution in [0.3, 0.4) is 0 Å². The third-order valence-corrected chi connectivity index (χ3v) is 6.82. The number of carbonyl (C=O) groups excluding carboxylic acids is 1. The van der Waals surface area contributed by atoms with Crippen molar-refractivity contribution >= 4 is 28.4 Å². The largest absolute Gasteiger partial charge is 0.381 e.